The number of benzene rings is 3. The molecule has 0 unspecified atom stereocenters. The van der Waals surface area contributed by atoms with E-state index in [0.717, 1.165) is 29.8 Å². The molecular formula is C26H26F3N3O3. The molecule has 0 aliphatic carbocycles. The van der Waals surface area contributed by atoms with Crippen molar-refractivity contribution in [3.8, 4) is 5.75 Å². The molecule has 2 amide bonds. The molecule has 0 saturated carbocycles. The number of carbonyl (C=O) groups is 2. The summed E-state index contributed by atoms with van der Waals surface area (Å²) in [6.07, 6.45) is -4.50. The van der Waals surface area contributed by atoms with Crippen molar-refractivity contribution in [2.24, 2.45) is 0 Å². The zero-order chi connectivity index (χ0) is 25.4. The van der Waals surface area contributed by atoms with Gasteiger partial charge in [0, 0.05) is 24.3 Å². The minimum atomic E-state index is -4.50. The summed E-state index contributed by atoms with van der Waals surface area (Å²) in [5.41, 5.74) is 1.74. The Morgan fingerprint density at radius 2 is 1.60 bits per heavy atom. The van der Waals surface area contributed by atoms with E-state index in [1.165, 1.54) is 12.1 Å². The fourth-order valence-corrected chi connectivity index (χ4v) is 3.31. The van der Waals surface area contributed by atoms with Crippen LogP contribution in [0.25, 0.3) is 0 Å². The molecule has 0 atom stereocenters. The van der Waals surface area contributed by atoms with Crippen molar-refractivity contribution in [3.05, 3.63) is 95.1 Å². The summed E-state index contributed by atoms with van der Waals surface area (Å²) in [5.74, 6) is -0.517. The van der Waals surface area contributed by atoms with Gasteiger partial charge in [0.1, 0.15) is 5.75 Å². The van der Waals surface area contributed by atoms with Crippen LogP contribution in [0.2, 0.25) is 0 Å². The predicted octanol–water partition coefficient (Wildman–Crippen LogP) is 4.71. The second-order valence-electron chi connectivity index (χ2n) is 8.18. The maximum Gasteiger partial charge on any atom is 0.416 e. The van der Waals surface area contributed by atoms with Gasteiger partial charge < -0.3 is 20.3 Å². The Labute approximate surface area is 201 Å². The van der Waals surface area contributed by atoms with Gasteiger partial charge in [0.05, 0.1) is 5.56 Å². The SMILES string of the molecule is CN(C)Cc1cccc(CNC(=O)c2ccc(OCC(=O)Nc3cccc(C(F)(F)F)c3)cc2)c1. The van der Waals surface area contributed by atoms with Gasteiger partial charge in [-0.1, -0.05) is 30.3 Å². The van der Waals surface area contributed by atoms with E-state index in [1.54, 1.807) is 24.3 Å². The largest absolute Gasteiger partial charge is 0.484 e. The third-order valence-corrected chi connectivity index (χ3v) is 4.90. The highest BCUT2D eigenvalue weighted by atomic mass is 19.4. The Balaban J connectivity index is 1.48. The van der Waals surface area contributed by atoms with Gasteiger partial charge in [-0.3, -0.25) is 9.59 Å². The van der Waals surface area contributed by atoms with Crippen LogP contribution in [0.5, 0.6) is 5.75 Å². The molecule has 0 bridgehead atoms. The fourth-order valence-electron chi connectivity index (χ4n) is 3.31. The first-order valence-corrected chi connectivity index (χ1v) is 10.8. The lowest BCUT2D eigenvalue weighted by atomic mass is 10.1. The minimum Gasteiger partial charge on any atom is -0.484 e. The Hall–Kier alpha value is -3.85. The van der Waals surface area contributed by atoms with E-state index in [-0.39, 0.29) is 11.6 Å². The van der Waals surface area contributed by atoms with Crippen LogP contribution in [0.15, 0.2) is 72.8 Å². The molecule has 0 aliphatic heterocycles. The normalized spacial score (nSPS) is 11.3. The number of nitrogens with zero attached hydrogens (tertiary/aromatic N) is 1. The molecule has 0 aromatic heterocycles. The second-order valence-corrected chi connectivity index (χ2v) is 8.18. The highest BCUT2D eigenvalue weighted by Crippen LogP contribution is 2.30. The Bertz CT molecular complexity index is 1160. The number of halogens is 3. The van der Waals surface area contributed by atoms with Crippen LogP contribution in [0.4, 0.5) is 18.9 Å². The smallest absolute Gasteiger partial charge is 0.416 e. The van der Waals surface area contributed by atoms with E-state index in [4.69, 9.17) is 4.74 Å². The highest BCUT2D eigenvalue weighted by Gasteiger charge is 2.30. The van der Waals surface area contributed by atoms with Crippen molar-refractivity contribution < 1.29 is 27.5 Å². The second kappa shape index (κ2) is 11.5. The summed E-state index contributed by atoms with van der Waals surface area (Å²) in [6.45, 7) is 0.792. The quantitative estimate of drug-likeness (QED) is 0.461. The van der Waals surface area contributed by atoms with E-state index in [2.05, 4.69) is 15.5 Å². The summed E-state index contributed by atoms with van der Waals surface area (Å²) in [7, 11) is 3.98. The molecule has 6 nitrogen and oxygen atoms in total. The van der Waals surface area contributed by atoms with Crippen molar-refractivity contribution >= 4 is 17.5 Å². The zero-order valence-corrected chi connectivity index (χ0v) is 19.4. The average molecular weight is 486 g/mol. The van der Waals surface area contributed by atoms with Gasteiger partial charge in [0.2, 0.25) is 0 Å². The molecule has 3 aromatic rings. The van der Waals surface area contributed by atoms with Crippen LogP contribution >= 0.6 is 0 Å². The van der Waals surface area contributed by atoms with Gasteiger partial charge in [-0.15, -0.1) is 0 Å². The number of alkyl halides is 3. The lowest BCUT2D eigenvalue weighted by Gasteiger charge is -2.12. The molecule has 3 aromatic carbocycles. The molecule has 35 heavy (non-hydrogen) atoms. The zero-order valence-electron chi connectivity index (χ0n) is 19.4. The van der Waals surface area contributed by atoms with E-state index in [1.807, 2.05) is 38.4 Å². The maximum absolute atomic E-state index is 12.8. The number of ether oxygens (including phenoxy) is 1. The van der Waals surface area contributed by atoms with Crippen molar-refractivity contribution in [2.45, 2.75) is 19.3 Å². The maximum atomic E-state index is 12.8. The number of hydrogen-bond donors (Lipinski definition) is 2. The molecule has 0 spiro atoms. The van der Waals surface area contributed by atoms with Crippen LogP contribution in [0.1, 0.15) is 27.0 Å². The molecular weight excluding hydrogens is 459 g/mol. The van der Waals surface area contributed by atoms with E-state index < -0.39 is 24.3 Å². The third kappa shape index (κ3) is 8.15. The molecule has 0 fully saturated rings. The summed E-state index contributed by atoms with van der Waals surface area (Å²) in [5, 5.41) is 5.24. The van der Waals surface area contributed by atoms with Crippen molar-refractivity contribution in [1.29, 1.82) is 0 Å². The van der Waals surface area contributed by atoms with Gasteiger partial charge in [-0.25, -0.2) is 0 Å². The van der Waals surface area contributed by atoms with Crippen LogP contribution in [0.3, 0.4) is 0 Å². The molecule has 0 saturated heterocycles. The highest BCUT2D eigenvalue weighted by molar-refractivity contribution is 5.94. The molecule has 0 heterocycles. The molecule has 0 aliphatic rings. The summed E-state index contributed by atoms with van der Waals surface area (Å²) >= 11 is 0. The first kappa shape index (κ1) is 25.8. The number of nitrogens with one attached hydrogen (secondary N) is 2. The number of carbonyl (C=O) groups excluding carboxylic acids is 2. The fraction of sp³-hybridized carbons (Fsp3) is 0.231. The third-order valence-electron chi connectivity index (χ3n) is 4.90. The monoisotopic (exact) mass is 485 g/mol. The van der Waals surface area contributed by atoms with Gasteiger partial charge in [0.25, 0.3) is 11.8 Å². The molecule has 2 N–H and O–H groups in total. The van der Waals surface area contributed by atoms with E-state index in [0.29, 0.717) is 17.9 Å². The minimum absolute atomic E-state index is 0.0210. The number of hydrogen-bond acceptors (Lipinski definition) is 4. The topological polar surface area (TPSA) is 70.7 Å². The van der Waals surface area contributed by atoms with E-state index in [9.17, 15) is 22.8 Å². The van der Waals surface area contributed by atoms with Crippen molar-refractivity contribution in [2.75, 3.05) is 26.0 Å². The molecule has 9 heteroatoms. The number of rotatable bonds is 9. The first-order valence-electron chi connectivity index (χ1n) is 10.8. The van der Waals surface area contributed by atoms with Crippen LogP contribution in [-0.2, 0) is 24.1 Å². The molecule has 3 rings (SSSR count). The van der Waals surface area contributed by atoms with Crippen molar-refractivity contribution in [1.82, 2.24) is 10.2 Å². The Morgan fingerprint density at radius 1 is 0.914 bits per heavy atom. The van der Waals surface area contributed by atoms with Crippen LogP contribution < -0.4 is 15.4 Å². The van der Waals surface area contributed by atoms with Gasteiger partial charge in [-0.2, -0.15) is 13.2 Å². The van der Waals surface area contributed by atoms with Gasteiger partial charge in [0.15, 0.2) is 6.61 Å². The predicted molar refractivity (Wildman–Crippen MR) is 127 cm³/mol. The van der Waals surface area contributed by atoms with Crippen LogP contribution in [0, 0.1) is 0 Å². The Morgan fingerprint density at radius 3 is 2.29 bits per heavy atom. The lowest BCUT2D eigenvalue weighted by Crippen LogP contribution is -2.23. The van der Waals surface area contributed by atoms with Gasteiger partial charge in [-0.05, 0) is 67.7 Å². The molecule has 184 valence electrons. The number of amides is 2. The number of anilines is 1. The first-order chi connectivity index (χ1) is 16.6. The standard InChI is InChI=1S/C26H26F3N3O3/c1-32(2)16-19-6-3-5-18(13-19)15-30-25(34)20-9-11-23(12-10-20)35-17-24(33)31-22-8-4-7-21(14-22)26(27,28)29/h3-14H,15-17H2,1-2H3,(H,30,34)(H,31,33). The average Bonchev–Trinajstić information content (AvgIpc) is 2.81. The van der Waals surface area contributed by atoms with Crippen molar-refractivity contribution in [3.63, 3.8) is 0 Å². The summed E-state index contributed by atoms with van der Waals surface area (Å²) in [6, 6.07) is 18.5. The Kier molecular flexibility index (Phi) is 8.48. The summed E-state index contributed by atoms with van der Waals surface area (Å²) < 4.78 is 43.7. The lowest BCUT2D eigenvalue weighted by molar-refractivity contribution is -0.137. The van der Waals surface area contributed by atoms with Gasteiger partial charge >= 0.3 is 6.18 Å². The molecule has 0 radical (unpaired) electrons. The summed E-state index contributed by atoms with van der Waals surface area (Å²) in [4.78, 5) is 26.6. The van der Waals surface area contributed by atoms with Crippen LogP contribution in [-0.4, -0.2) is 37.4 Å². The van der Waals surface area contributed by atoms with E-state index >= 15 is 0 Å².